The van der Waals surface area contributed by atoms with Crippen LogP contribution < -0.4 is 15.0 Å². The van der Waals surface area contributed by atoms with E-state index < -0.39 is 0 Å². The summed E-state index contributed by atoms with van der Waals surface area (Å²) < 4.78 is 5.42. The molecule has 0 saturated carbocycles. The van der Waals surface area contributed by atoms with Crippen molar-refractivity contribution in [3.63, 3.8) is 0 Å². The number of nitrogens with one attached hydrogen (secondary N) is 1. The van der Waals surface area contributed by atoms with E-state index in [2.05, 4.69) is 21.3 Å². The van der Waals surface area contributed by atoms with Crippen LogP contribution in [0.5, 0.6) is 5.75 Å². The summed E-state index contributed by atoms with van der Waals surface area (Å²) in [5.74, 6) is 0.866. The van der Waals surface area contributed by atoms with Crippen molar-refractivity contribution >= 4 is 11.7 Å². The van der Waals surface area contributed by atoms with E-state index in [1.165, 1.54) is 0 Å². The van der Waals surface area contributed by atoms with Crippen LogP contribution in [0, 0.1) is 0 Å². The van der Waals surface area contributed by atoms with Crippen LogP contribution in [0.3, 0.4) is 0 Å². The number of carbonyl (C=O) groups excluding carboxylic acids is 1. The van der Waals surface area contributed by atoms with Gasteiger partial charge in [-0.15, -0.1) is 0 Å². The SMILES string of the molecule is COc1ccccc1N1CCN(C(=O)NCc2ccccn2)CC1. The van der Waals surface area contributed by atoms with Gasteiger partial charge in [0.15, 0.2) is 0 Å². The third-order valence-corrected chi connectivity index (χ3v) is 4.14. The lowest BCUT2D eigenvalue weighted by Crippen LogP contribution is -2.51. The van der Waals surface area contributed by atoms with Crippen molar-refractivity contribution in [2.75, 3.05) is 38.2 Å². The molecule has 0 unspecified atom stereocenters. The molecule has 0 radical (unpaired) electrons. The second-order valence-electron chi connectivity index (χ2n) is 5.63. The van der Waals surface area contributed by atoms with Gasteiger partial charge in [-0.05, 0) is 24.3 Å². The highest BCUT2D eigenvalue weighted by Crippen LogP contribution is 2.28. The summed E-state index contributed by atoms with van der Waals surface area (Å²) in [5.41, 5.74) is 1.94. The highest BCUT2D eigenvalue weighted by atomic mass is 16.5. The summed E-state index contributed by atoms with van der Waals surface area (Å²) in [7, 11) is 1.68. The van der Waals surface area contributed by atoms with E-state index in [-0.39, 0.29) is 6.03 Å². The zero-order chi connectivity index (χ0) is 16.8. The Morgan fingerprint density at radius 1 is 1.12 bits per heavy atom. The Morgan fingerprint density at radius 3 is 2.58 bits per heavy atom. The van der Waals surface area contributed by atoms with Gasteiger partial charge in [0.2, 0.25) is 0 Å². The van der Waals surface area contributed by atoms with Gasteiger partial charge in [0, 0.05) is 32.4 Å². The number of para-hydroxylation sites is 2. The number of hydrogen-bond donors (Lipinski definition) is 1. The lowest BCUT2D eigenvalue weighted by Gasteiger charge is -2.36. The highest BCUT2D eigenvalue weighted by Gasteiger charge is 2.22. The maximum Gasteiger partial charge on any atom is 0.317 e. The molecule has 0 atom stereocenters. The summed E-state index contributed by atoms with van der Waals surface area (Å²) in [6.45, 7) is 3.40. The summed E-state index contributed by atoms with van der Waals surface area (Å²) in [6, 6.07) is 13.6. The van der Waals surface area contributed by atoms with Gasteiger partial charge in [-0.25, -0.2) is 4.79 Å². The third kappa shape index (κ3) is 3.76. The minimum Gasteiger partial charge on any atom is -0.495 e. The maximum atomic E-state index is 12.3. The number of hydrogen-bond acceptors (Lipinski definition) is 4. The van der Waals surface area contributed by atoms with Crippen LogP contribution in [-0.2, 0) is 6.54 Å². The number of ether oxygens (including phenoxy) is 1. The number of anilines is 1. The molecule has 2 heterocycles. The van der Waals surface area contributed by atoms with E-state index in [1.54, 1.807) is 13.3 Å². The molecule has 3 rings (SSSR count). The van der Waals surface area contributed by atoms with Crippen LogP contribution in [0.15, 0.2) is 48.7 Å². The molecule has 1 aromatic heterocycles. The summed E-state index contributed by atoms with van der Waals surface area (Å²) in [5, 5.41) is 2.93. The summed E-state index contributed by atoms with van der Waals surface area (Å²) in [4.78, 5) is 20.6. The fourth-order valence-electron chi connectivity index (χ4n) is 2.82. The van der Waals surface area contributed by atoms with Crippen LogP contribution in [0.4, 0.5) is 10.5 Å². The fourth-order valence-corrected chi connectivity index (χ4v) is 2.82. The lowest BCUT2D eigenvalue weighted by atomic mass is 10.2. The number of urea groups is 1. The van der Waals surface area contributed by atoms with E-state index in [0.717, 1.165) is 30.2 Å². The largest absolute Gasteiger partial charge is 0.495 e. The van der Waals surface area contributed by atoms with Crippen molar-refractivity contribution in [1.29, 1.82) is 0 Å². The minimum absolute atomic E-state index is 0.0414. The van der Waals surface area contributed by atoms with Gasteiger partial charge in [0.05, 0.1) is 25.0 Å². The van der Waals surface area contributed by atoms with E-state index >= 15 is 0 Å². The number of methoxy groups -OCH3 is 1. The number of piperazine rings is 1. The molecule has 6 heteroatoms. The third-order valence-electron chi connectivity index (χ3n) is 4.14. The Hall–Kier alpha value is -2.76. The number of aromatic nitrogens is 1. The monoisotopic (exact) mass is 326 g/mol. The van der Waals surface area contributed by atoms with Gasteiger partial charge in [0.1, 0.15) is 5.75 Å². The average molecular weight is 326 g/mol. The van der Waals surface area contributed by atoms with E-state index in [0.29, 0.717) is 19.6 Å². The predicted octanol–water partition coefficient (Wildman–Crippen LogP) is 2.12. The van der Waals surface area contributed by atoms with Crippen molar-refractivity contribution in [2.45, 2.75) is 6.54 Å². The van der Waals surface area contributed by atoms with Crippen LogP contribution in [0.25, 0.3) is 0 Å². The number of pyridine rings is 1. The molecule has 0 bridgehead atoms. The van der Waals surface area contributed by atoms with Gasteiger partial charge in [-0.1, -0.05) is 18.2 Å². The first-order valence-corrected chi connectivity index (χ1v) is 8.08. The van der Waals surface area contributed by atoms with Crippen LogP contribution in [-0.4, -0.2) is 49.2 Å². The van der Waals surface area contributed by atoms with Crippen molar-refractivity contribution in [2.24, 2.45) is 0 Å². The number of rotatable bonds is 4. The maximum absolute atomic E-state index is 12.3. The molecular weight excluding hydrogens is 304 g/mol. The number of benzene rings is 1. The molecule has 1 aliphatic rings. The molecule has 1 aromatic carbocycles. The van der Waals surface area contributed by atoms with Gasteiger partial charge in [-0.3, -0.25) is 4.98 Å². The Morgan fingerprint density at radius 2 is 1.88 bits per heavy atom. The van der Waals surface area contributed by atoms with Crippen molar-refractivity contribution in [1.82, 2.24) is 15.2 Å². The number of amides is 2. The topological polar surface area (TPSA) is 57.7 Å². The molecule has 6 nitrogen and oxygen atoms in total. The molecular formula is C18H22N4O2. The second-order valence-corrected chi connectivity index (χ2v) is 5.63. The zero-order valence-electron chi connectivity index (χ0n) is 13.8. The number of nitrogens with zero attached hydrogens (tertiary/aromatic N) is 3. The van der Waals surface area contributed by atoms with Crippen molar-refractivity contribution in [3.8, 4) is 5.75 Å². The zero-order valence-corrected chi connectivity index (χ0v) is 13.8. The predicted molar refractivity (Wildman–Crippen MR) is 93.3 cm³/mol. The first-order chi connectivity index (χ1) is 11.8. The normalized spacial score (nSPS) is 14.4. The lowest BCUT2D eigenvalue weighted by molar-refractivity contribution is 0.193. The van der Waals surface area contributed by atoms with Crippen molar-refractivity contribution in [3.05, 3.63) is 54.4 Å². The molecule has 0 aliphatic carbocycles. The van der Waals surface area contributed by atoms with Gasteiger partial charge < -0.3 is 19.9 Å². The molecule has 24 heavy (non-hydrogen) atoms. The Kier molecular flexibility index (Phi) is 5.15. The second kappa shape index (κ2) is 7.68. The molecule has 1 saturated heterocycles. The van der Waals surface area contributed by atoms with E-state index in [1.807, 2.05) is 41.3 Å². The van der Waals surface area contributed by atoms with Crippen LogP contribution >= 0.6 is 0 Å². The molecule has 2 aromatic rings. The summed E-state index contributed by atoms with van der Waals surface area (Å²) in [6.07, 6.45) is 1.73. The smallest absolute Gasteiger partial charge is 0.317 e. The van der Waals surface area contributed by atoms with E-state index in [4.69, 9.17) is 4.74 Å². The van der Waals surface area contributed by atoms with Crippen molar-refractivity contribution < 1.29 is 9.53 Å². The molecule has 126 valence electrons. The Balaban J connectivity index is 1.52. The molecule has 1 aliphatic heterocycles. The van der Waals surface area contributed by atoms with Crippen LogP contribution in [0.2, 0.25) is 0 Å². The molecule has 1 N–H and O–H groups in total. The first-order valence-electron chi connectivity index (χ1n) is 8.08. The van der Waals surface area contributed by atoms with Gasteiger partial charge in [0.25, 0.3) is 0 Å². The quantitative estimate of drug-likeness (QED) is 0.935. The van der Waals surface area contributed by atoms with Gasteiger partial charge >= 0.3 is 6.03 Å². The Bertz CT molecular complexity index is 670. The minimum atomic E-state index is -0.0414. The Labute approximate surface area is 142 Å². The molecule has 1 fully saturated rings. The van der Waals surface area contributed by atoms with Gasteiger partial charge in [-0.2, -0.15) is 0 Å². The first kappa shape index (κ1) is 16.1. The molecule has 0 spiro atoms. The van der Waals surface area contributed by atoms with Crippen LogP contribution in [0.1, 0.15) is 5.69 Å². The fraction of sp³-hybridized carbons (Fsp3) is 0.333. The summed E-state index contributed by atoms with van der Waals surface area (Å²) >= 11 is 0. The number of carbonyl (C=O) groups is 1. The molecule has 2 amide bonds. The highest BCUT2D eigenvalue weighted by molar-refractivity contribution is 5.74. The average Bonchev–Trinajstić information content (AvgIpc) is 2.67. The standard InChI is InChI=1S/C18H22N4O2/c1-24-17-8-3-2-7-16(17)21-10-12-22(13-11-21)18(23)20-14-15-6-4-5-9-19-15/h2-9H,10-14H2,1H3,(H,20,23). The van der Waals surface area contributed by atoms with E-state index in [9.17, 15) is 4.79 Å².